The van der Waals surface area contributed by atoms with Gasteiger partial charge in [-0.25, -0.2) is 4.39 Å². The van der Waals surface area contributed by atoms with E-state index in [1.807, 2.05) is 13.8 Å². The van der Waals surface area contributed by atoms with Crippen LogP contribution in [0.4, 0.5) is 4.39 Å². The third-order valence-corrected chi connectivity index (χ3v) is 4.91. The number of nitrogens with zero attached hydrogens (tertiary/aromatic N) is 1. The van der Waals surface area contributed by atoms with Gasteiger partial charge in [0.05, 0.1) is 0 Å². The summed E-state index contributed by atoms with van der Waals surface area (Å²) in [5.74, 6) is -0.373. The number of hydrogen-bond acceptors (Lipinski definition) is 3. The van der Waals surface area contributed by atoms with Crippen LogP contribution in [0.3, 0.4) is 0 Å². The number of amides is 2. The molecule has 0 aromatic heterocycles. The summed E-state index contributed by atoms with van der Waals surface area (Å²) >= 11 is 5.87. The SMILES string of the molecule is CCCCNC(=O)C(CC)N(Cc1ccc(F)cc1)C(=O)COc1ccc(Cl)cc1. The lowest BCUT2D eigenvalue weighted by Crippen LogP contribution is -2.50. The largest absolute Gasteiger partial charge is 0.484 e. The second-order valence-corrected chi connectivity index (χ2v) is 7.40. The maximum absolute atomic E-state index is 13.3. The third-order valence-electron chi connectivity index (χ3n) is 4.66. The summed E-state index contributed by atoms with van der Waals surface area (Å²) in [6, 6.07) is 11.9. The minimum absolute atomic E-state index is 0.183. The fourth-order valence-electron chi connectivity index (χ4n) is 2.97. The van der Waals surface area contributed by atoms with Gasteiger partial charge >= 0.3 is 0 Å². The Labute approximate surface area is 182 Å². The molecule has 1 atom stereocenters. The molecule has 2 amide bonds. The number of unbranched alkanes of at least 4 members (excludes halogenated alkanes) is 1. The monoisotopic (exact) mass is 434 g/mol. The van der Waals surface area contributed by atoms with E-state index in [-0.39, 0.29) is 30.8 Å². The lowest BCUT2D eigenvalue weighted by molar-refractivity contribution is -0.143. The van der Waals surface area contributed by atoms with E-state index in [4.69, 9.17) is 16.3 Å². The average Bonchev–Trinajstić information content (AvgIpc) is 2.74. The highest BCUT2D eigenvalue weighted by atomic mass is 35.5. The minimum atomic E-state index is -0.645. The van der Waals surface area contributed by atoms with Crippen molar-refractivity contribution in [2.45, 2.75) is 45.7 Å². The molecule has 0 spiro atoms. The molecule has 1 N–H and O–H groups in total. The zero-order valence-corrected chi connectivity index (χ0v) is 18.1. The molecule has 0 heterocycles. The summed E-state index contributed by atoms with van der Waals surface area (Å²) in [5, 5.41) is 3.47. The number of benzene rings is 2. The van der Waals surface area contributed by atoms with Gasteiger partial charge in [-0.1, -0.05) is 44.0 Å². The Morgan fingerprint density at radius 3 is 2.37 bits per heavy atom. The minimum Gasteiger partial charge on any atom is -0.484 e. The summed E-state index contributed by atoms with van der Waals surface area (Å²) in [6.07, 6.45) is 2.28. The highest BCUT2D eigenvalue weighted by Crippen LogP contribution is 2.17. The first-order chi connectivity index (χ1) is 14.4. The number of rotatable bonds is 11. The van der Waals surface area contributed by atoms with E-state index >= 15 is 0 Å². The van der Waals surface area contributed by atoms with Crippen molar-refractivity contribution < 1.29 is 18.7 Å². The van der Waals surface area contributed by atoms with Crippen molar-refractivity contribution in [3.05, 3.63) is 64.9 Å². The molecule has 0 aliphatic heterocycles. The second kappa shape index (κ2) is 12.2. The Balaban J connectivity index is 2.15. The molecule has 0 bridgehead atoms. The van der Waals surface area contributed by atoms with Gasteiger partial charge in [-0.3, -0.25) is 9.59 Å². The number of nitrogens with one attached hydrogen (secondary N) is 1. The van der Waals surface area contributed by atoms with Crippen LogP contribution in [0.15, 0.2) is 48.5 Å². The van der Waals surface area contributed by atoms with Gasteiger partial charge < -0.3 is 15.0 Å². The summed E-state index contributed by atoms with van der Waals surface area (Å²) < 4.78 is 18.9. The number of halogens is 2. The van der Waals surface area contributed by atoms with Crippen LogP contribution < -0.4 is 10.1 Å². The van der Waals surface area contributed by atoms with Crippen molar-refractivity contribution in [3.63, 3.8) is 0 Å². The second-order valence-electron chi connectivity index (χ2n) is 6.96. The standard InChI is InChI=1S/C23H28ClFN2O3/c1-3-5-14-26-23(29)21(4-2)27(15-17-6-10-19(25)11-7-17)22(28)16-30-20-12-8-18(24)9-13-20/h6-13,21H,3-5,14-16H2,1-2H3,(H,26,29). The van der Waals surface area contributed by atoms with Gasteiger partial charge in [0.2, 0.25) is 5.91 Å². The molecule has 0 aliphatic carbocycles. The number of hydrogen-bond donors (Lipinski definition) is 1. The van der Waals surface area contributed by atoms with Crippen LogP contribution in [0.1, 0.15) is 38.7 Å². The summed E-state index contributed by atoms with van der Waals surface area (Å²) in [6.45, 7) is 4.42. The fourth-order valence-corrected chi connectivity index (χ4v) is 3.10. The van der Waals surface area contributed by atoms with E-state index in [2.05, 4.69) is 5.32 Å². The maximum atomic E-state index is 13.3. The smallest absolute Gasteiger partial charge is 0.261 e. The molecule has 2 aromatic carbocycles. The zero-order valence-electron chi connectivity index (χ0n) is 17.4. The van der Waals surface area contributed by atoms with Gasteiger partial charge in [-0.15, -0.1) is 0 Å². The molecule has 0 saturated heterocycles. The fraction of sp³-hybridized carbons (Fsp3) is 0.391. The quantitative estimate of drug-likeness (QED) is 0.526. The maximum Gasteiger partial charge on any atom is 0.261 e. The molecular weight excluding hydrogens is 407 g/mol. The molecule has 5 nitrogen and oxygen atoms in total. The van der Waals surface area contributed by atoms with E-state index in [9.17, 15) is 14.0 Å². The lowest BCUT2D eigenvalue weighted by atomic mass is 10.1. The first-order valence-electron chi connectivity index (χ1n) is 10.1. The first kappa shape index (κ1) is 23.7. The molecule has 162 valence electrons. The van der Waals surface area contributed by atoms with Crippen LogP contribution in [-0.2, 0) is 16.1 Å². The van der Waals surface area contributed by atoms with Crippen LogP contribution >= 0.6 is 11.6 Å². The Morgan fingerprint density at radius 2 is 1.77 bits per heavy atom. The predicted octanol–water partition coefficient (Wildman–Crippen LogP) is 4.58. The average molecular weight is 435 g/mol. The van der Waals surface area contributed by atoms with Crippen molar-refractivity contribution in [2.24, 2.45) is 0 Å². The number of carbonyl (C=O) groups excluding carboxylic acids is 2. The molecule has 0 saturated carbocycles. The summed E-state index contributed by atoms with van der Waals surface area (Å²) in [5.41, 5.74) is 0.732. The normalized spacial score (nSPS) is 11.6. The summed E-state index contributed by atoms with van der Waals surface area (Å²) in [4.78, 5) is 27.2. The van der Waals surface area contributed by atoms with Crippen molar-refractivity contribution in [3.8, 4) is 5.75 Å². The topological polar surface area (TPSA) is 58.6 Å². The zero-order chi connectivity index (χ0) is 21.9. The van der Waals surface area contributed by atoms with Gasteiger partial charge in [0, 0.05) is 18.1 Å². The van der Waals surface area contributed by atoms with Gasteiger partial charge in [-0.2, -0.15) is 0 Å². The van der Waals surface area contributed by atoms with E-state index in [1.54, 1.807) is 36.4 Å². The highest BCUT2D eigenvalue weighted by Gasteiger charge is 2.28. The van der Waals surface area contributed by atoms with Crippen molar-refractivity contribution >= 4 is 23.4 Å². The Kier molecular flexibility index (Phi) is 9.61. The molecular formula is C23H28ClFN2O3. The third kappa shape index (κ3) is 7.34. The van der Waals surface area contributed by atoms with Crippen LogP contribution in [0, 0.1) is 5.82 Å². The molecule has 7 heteroatoms. The van der Waals surface area contributed by atoms with Crippen LogP contribution in [0.2, 0.25) is 5.02 Å². The van der Waals surface area contributed by atoms with Crippen molar-refractivity contribution in [2.75, 3.05) is 13.2 Å². The molecule has 0 fully saturated rings. The van der Waals surface area contributed by atoms with Gasteiger partial charge in [0.25, 0.3) is 5.91 Å². The van der Waals surface area contributed by atoms with Gasteiger partial charge in [0.15, 0.2) is 6.61 Å². The predicted molar refractivity (Wildman–Crippen MR) is 116 cm³/mol. The Morgan fingerprint density at radius 1 is 1.10 bits per heavy atom. The van der Waals surface area contributed by atoms with Crippen molar-refractivity contribution in [1.29, 1.82) is 0 Å². The lowest BCUT2D eigenvalue weighted by Gasteiger charge is -2.30. The molecule has 2 aromatic rings. The molecule has 1 unspecified atom stereocenters. The van der Waals surface area contributed by atoms with E-state index < -0.39 is 6.04 Å². The van der Waals surface area contributed by atoms with E-state index in [0.717, 1.165) is 18.4 Å². The van der Waals surface area contributed by atoms with Crippen molar-refractivity contribution in [1.82, 2.24) is 10.2 Å². The van der Waals surface area contributed by atoms with Crippen LogP contribution in [0.5, 0.6) is 5.75 Å². The Hall–Kier alpha value is -2.60. The van der Waals surface area contributed by atoms with Gasteiger partial charge in [0.1, 0.15) is 17.6 Å². The molecule has 0 radical (unpaired) electrons. The van der Waals surface area contributed by atoms with E-state index in [0.29, 0.717) is 23.7 Å². The highest BCUT2D eigenvalue weighted by molar-refractivity contribution is 6.30. The van der Waals surface area contributed by atoms with Crippen LogP contribution in [0.25, 0.3) is 0 Å². The first-order valence-corrected chi connectivity index (χ1v) is 10.5. The molecule has 0 aliphatic rings. The van der Waals surface area contributed by atoms with E-state index in [1.165, 1.54) is 17.0 Å². The van der Waals surface area contributed by atoms with Gasteiger partial charge in [-0.05, 0) is 54.8 Å². The molecule has 2 rings (SSSR count). The number of ether oxygens (including phenoxy) is 1. The molecule has 30 heavy (non-hydrogen) atoms. The summed E-state index contributed by atoms with van der Waals surface area (Å²) in [7, 11) is 0. The number of carbonyl (C=O) groups is 2. The Bertz CT molecular complexity index is 812. The van der Waals surface area contributed by atoms with Crippen LogP contribution in [-0.4, -0.2) is 35.9 Å².